The summed E-state index contributed by atoms with van der Waals surface area (Å²) in [6.07, 6.45) is 1.36. The quantitative estimate of drug-likeness (QED) is 0.293. The van der Waals surface area contributed by atoms with Crippen LogP contribution >= 0.6 is 0 Å². The lowest BCUT2D eigenvalue weighted by Crippen LogP contribution is -2.32. The van der Waals surface area contributed by atoms with Crippen molar-refractivity contribution in [2.24, 2.45) is 5.10 Å². The summed E-state index contributed by atoms with van der Waals surface area (Å²) in [5, 5.41) is 8.82. The summed E-state index contributed by atoms with van der Waals surface area (Å²) in [5.74, 6) is -2.07. The highest BCUT2D eigenvalue weighted by Crippen LogP contribution is 2.12. The third-order valence-electron chi connectivity index (χ3n) is 4.27. The molecule has 0 saturated heterocycles. The summed E-state index contributed by atoms with van der Waals surface area (Å²) >= 11 is 0. The Bertz CT molecular complexity index is 1140. The zero-order chi connectivity index (χ0) is 23.6. The number of ether oxygens (including phenoxy) is 1. The van der Waals surface area contributed by atoms with Crippen molar-refractivity contribution in [1.82, 2.24) is 5.43 Å². The predicted molar refractivity (Wildman–Crippen MR) is 123 cm³/mol. The molecule has 9 heteroatoms. The third-order valence-corrected chi connectivity index (χ3v) is 4.27. The van der Waals surface area contributed by atoms with Crippen LogP contribution in [0.25, 0.3) is 0 Å². The number of halogens is 1. The number of rotatable bonds is 7. The lowest BCUT2D eigenvalue weighted by Gasteiger charge is -2.07. The number of hydrazone groups is 1. The van der Waals surface area contributed by atoms with E-state index in [0.717, 1.165) is 5.56 Å². The Morgan fingerprint density at radius 1 is 0.848 bits per heavy atom. The lowest BCUT2D eigenvalue weighted by molar-refractivity contribution is -0.136. The first kappa shape index (κ1) is 23.1. The Kier molecular flexibility index (Phi) is 7.85. The molecule has 8 nitrogen and oxygen atoms in total. The van der Waals surface area contributed by atoms with E-state index in [1.54, 1.807) is 36.4 Å². The van der Waals surface area contributed by atoms with Crippen molar-refractivity contribution >= 4 is 35.3 Å². The molecule has 33 heavy (non-hydrogen) atoms. The first-order valence-corrected chi connectivity index (χ1v) is 9.88. The predicted octanol–water partition coefficient (Wildman–Crippen LogP) is 3.24. The van der Waals surface area contributed by atoms with E-state index in [1.807, 2.05) is 19.1 Å². The Hall–Kier alpha value is -4.53. The number of carbonyl (C=O) groups is 3. The summed E-state index contributed by atoms with van der Waals surface area (Å²) in [6.45, 7) is 1.69. The second-order valence-electron chi connectivity index (χ2n) is 6.93. The molecule has 0 aliphatic heterocycles. The number of aryl methyl sites for hydroxylation is 1. The molecule has 3 aromatic rings. The molecule has 0 radical (unpaired) electrons. The van der Waals surface area contributed by atoms with E-state index in [-0.39, 0.29) is 12.5 Å². The molecule has 0 heterocycles. The molecule has 0 saturated carbocycles. The summed E-state index contributed by atoms with van der Waals surface area (Å²) in [6, 6.07) is 19.0. The molecular formula is C24H21FN4O4. The van der Waals surface area contributed by atoms with Gasteiger partial charge in [0.15, 0.2) is 6.61 Å². The van der Waals surface area contributed by atoms with Crippen molar-refractivity contribution in [2.75, 3.05) is 17.2 Å². The summed E-state index contributed by atoms with van der Waals surface area (Å²) in [5.41, 5.74) is 4.80. The van der Waals surface area contributed by atoms with Crippen LogP contribution in [0.2, 0.25) is 0 Å². The Labute approximate surface area is 189 Å². The van der Waals surface area contributed by atoms with Crippen LogP contribution in [0.3, 0.4) is 0 Å². The number of amides is 3. The van der Waals surface area contributed by atoms with Gasteiger partial charge in [-0.1, -0.05) is 17.7 Å². The fraction of sp³-hybridized carbons (Fsp3) is 0.0833. The zero-order valence-corrected chi connectivity index (χ0v) is 17.7. The number of hydrogen-bond acceptors (Lipinski definition) is 5. The van der Waals surface area contributed by atoms with Gasteiger partial charge in [-0.2, -0.15) is 5.10 Å². The van der Waals surface area contributed by atoms with E-state index in [9.17, 15) is 18.8 Å². The lowest BCUT2D eigenvalue weighted by atomic mass is 10.2. The number of hydrogen-bond donors (Lipinski definition) is 3. The zero-order valence-electron chi connectivity index (χ0n) is 17.7. The minimum Gasteiger partial charge on any atom is -0.484 e. The second kappa shape index (κ2) is 11.2. The molecule has 0 aromatic heterocycles. The van der Waals surface area contributed by atoms with Crippen LogP contribution in [0.5, 0.6) is 5.75 Å². The maximum atomic E-state index is 12.9. The van der Waals surface area contributed by atoms with Crippen molar-refractivity contribution in [3.63, 3.8) is 0 Å². The molecule has 0 spiro atoms. The summed E-state index contributed by atoms with van der Waals surface area (Å²) in [4.78, 5) is 35.6. The van der Waals surface area contributed by atoms with E-state index in [4.69, 9.17) is 4.74 Å². The van der Waals surface area contributed by atoms with Gasteiger partial charge >= 0.3 is 11.8 Å². The van der Waals surface area contributed by atoms with Gasteiger partial charge < -0.3 is 15.4 Å². The maximum Gasteiger partial charge on any atom is 0.329 e. The van der Waals surface area contributed by atoms with E-state index in [2.05, 4.69) is 21.2 Å². The van der Waals surface area contributed by atoms with Crippen molar-refractivity contribution in [3.8, 4) is 5.75 Å². The molecule has 3 amide bonds. The average Bonchev–Trinajstić information content (AvgIpc) is 2.81. The van der Waals surface area contributed by atoms with Crippen LogP contribution in [-0.2, 0) is 14.4 Å². The van der Waals surface area contributed by atoms with Crippen LogP contribution in [0, 0.1) is 12.7 Å². The van der Waals surface area contributed by atoms with Gasteiger partial charge in [-0.05, 0) is 73.2 Å². The van der Waals surface area contributed by atoms with E-state index < -0.39 is 17.6 Å². The van der Waals surface area contributed by atoms with Gasteiger partial charge in [0, 0.05) is 11.4 Å². The average molecular weight is 448 g/mol. The van der Waals surface area contributed by atoms with E-state index in [1.165, 1.54) is 30.5 Å². The highest BCUT2D eigenvalue weighted by atomic mass is 19.1. The van der Waals surface area contributed by atoms with Crippen molar-refractivity contribution in [1.29, 1.82) is 0 Å². The van der Waals surface area contributed by atoms with Crippen LogP contribution in [0.1, 0.15) is 11.1 Å². The first-order chi connectivity index (χ1) is 15.9. The van der Waals surface area contributed by atoms with Gasteiger partial charge in [0.05, 0.1) is 6.21 Å². The van der Waals surface area contributed by atoms with Gasteiger partial charge in [-0.15, -0.1) is 0 Å². The van der Waals surface area contributed by atoms with Gasteiger partial charge in [0.1, 0.15) is 11.6 Å². The number of nitrogens with zero attached hydrogens (tertiary/aromatic N) is 1. The molecule has 0 unspecified atom stereocenters. The Balaban J connectivity index is 1.42. The van der Waals surface area contributed by atoms with Gasteiger partial charge in [0.25, 0.3) is 5.91 Å². The molecule has 168 valence electrons. The second-order valence-corrected chi connectivity index (χ2v) is 6.93. The number of anilines is 2. The van der Waals surface area contributed by atoms with Gasteiger partial charge in [-0.3, -0.25) is 14.4 Å². The standard InChI is InChI=1S/C24H21FN4O4/c1-16-2-8-20(9-3-16)28-23(31)24(32)29-26-14-17-4-12-21(13-5-17)33-15-22(30)27-19-10-6-18(25)7-11-19/h2-14H,15H2,1H3,(H,27,30)(H,28,31)(H,29,32)/b26-14-. The molecular weight excluding hydrogens is 427 g/mol. The SMILES string of the molecule is Cc1ccc(NC(=O)C(=O)N/N=C\c2ccc(OCC(=O)Nc3ccc(F)cc3)cc2)cc1. The highest BCUT2D eigenvalue weighted by molar-refractivity contribution is 6.39. The smallest absolute Gasteiger partial charge is 0.329 e. The summed E-state index contributed by atoms with van der Waals surface area (Å²) in [7, 11) is 0. The fourth-order valence-electron chi connectivity index (χ4n) is 2.57. The largest absolute Gasteiger partial charge is 0.484 e. The van der Waals surface area contributed by atoms with Crippen LogP contribution in [-0.4, -0.2) is 30.5 Å². The van der Waals surface area contributed by atoms with Crippen LogP contribution in [0.15, 0.2) is 77.9 Å². The van der Waals surface area contributed by atoms with Crippen LogP contribution < -0.4 is 20.8 Å². The highest BCUT2D eigenvalue weighted by Gasteiger charge is 2.12. The maximum absolute atomic E-state index is 12.9. The molecule has 3 N–H and O–H groups in total. The topological polar surface area (TPSA) is 109 Å². The molecule has 3 aromatic carbocycles. The van der Waals surface area contributed by atoms with E-state index in [0.29, 0.717) is 22.7 Å². The van der Waals surface area contributed by atoms with Crippen molar-refractivity contribution in [2.45, 2.75) is 6.92 Å². The molecule has 3 rings (SSSR count). The molecule has 0 fully saturated rings. The molecule has 0 atom stereocenters. The van der Waals surface area contributed by atoms with E-state index >= 15 is 0 Å². The Morgan fingerprint density at radius 2 is 1.45 bits per heavy atom. The van der Waals surface area contributed by atoms with Crippen molar-refractivity contribution < 1.29 is 23.5 Å². The van der Waals surface area contributed by atoms with Gasteiger partial charge in [0.2, 0.25) is 0 Å². The van der Waals surface area contributed by atoms with Crippen LogP contribution in [0.4, 0.5) is 15.8 Å². The fourth-order valence-corrected chi connectivity index (χ4v) is 2.57. The molecule has 0 bridgehead atoms. The minimum absolute atomic E-state index is 0.225. The number of carbonyl (C=O) groups excluding carboxylic acids is 3. The van der Waals surface area contributed by atoms with Crippen molar-refractivity contribution in [3.05, 3.63) is 89.7 Å². The first-order valence-electron chi connectivity index (χ1n) is 9.88. The number of nitrogens with one attached hydrogen (secondary N) is 3. The minimum atomic E-state index is -0.904. The number of benzene rings is 3. The molecule has 0 aliphatic rings. The normalized spacial score (nSPS) is 10.5. The molecule has 0 aliphatic carbocycles. The summed E-state index contributed by atoms with van der Waals surface area (Å²) < 4.78 is 18.3. The monoisotopic (exact) mass is 448 g/mol. The third kappa shape index (κ3) is 7.59. The Morgan fingerprint density at radius 3 is 2.12 bits per heavy atom. The van der Waals surface area contributed by atoms with Gasteiger partial charge in [-0.25, -0.2) is 9.82 Å².